The molecule has 4 heteroatoms. The van der Waals surface area contributed by atoms with Gasteiger partial charge in [-0.05, 0) is 74.0 Å². The SMILES string of the molecule is Fc1ccc(CC2CC3(CCN(Cc4ccccn4)CC3)CO2)cc1. The number of hydrogen-bond acceptors (Lipinski definition) is 3. The summed E-state index contributed by atoms with van der Waals surface area (Å²) in [5, 5.41) is 0. The molecule has 1 aromatic heterocycles. The van der Waals surface area contributed by atoms with Crippen molar-refractivity contribution in [3.8, 4) is 0 Å². The van der Waals surface area contributed by atoms with E-state index in [0.29, 0.717) is 5.41 Å². The summed E-state index contributed by atoms with van der Waals surface area (Å²) in [5.41, 5.74) is 2.65. The average molecular weight is 340 g/mol. The maximum absolute atomic E-state index is 13.0. The lowest BCUT2D eigenvalue weighted by atomic mass is 9.76. The largest absolute Gasteiger partial charge is 0.377 e. The van der Waals surface area contributed by atoms with Gasteiger partial charge >= 0.3 is 0 Å². The van der Waals surface area contributed by atoms with Crippen molar-refractivity contribution in [2.45, 2.75) is 38.3 Å². The lowest BCUT2D eigenvalue weighted by Gasteiger charge is -2.38. The zero-order valence-electron chi connectivity index (χ0n) is 14.5. The van der Waals surface area contributed by atoms with Crippen molar-refractivity contribution in [1.82, 2.24) is 9.88 Å². The number of likely N-dealkylation sites (tertiary alicyclic amines) is 1. The standard InChI is InChI=1S/C21H25FN2O/c22-18-6-4-17(5-7-18)13-20-14-21(16-25-20)8-11-24(12-9-21)15-19-3-1-2-10-23-19/h1-7,10,20H,8-9,11-16H2. The molecule has 2 aliphatic rings. The smallest absolute Gasteiger partial charge is 0.123 e. The van der Waals surface area contributed by atoms with E-state index in [-0.39, 0.29) is 11.9 Å². The maximum Gasteiger partial charge on any atom is 0.123 e. The van der Waals surface area contributed by atoms with Gasteiger partial charge < -0.3 is 4.74 Å². The molecule has 132 valence electrons. The molecule has 1 atom stereocenters. The fourth-order valence-electron chi connectivity index (χ4n) is 4.16. The second-order valence-electron chi connectivity index (χ2n) is 7.56. The third-order valence-electron chi connectivity index (χ3n) is 5.69. The van der Waals surface area contributed by atoms with Crippen molar-refractivity contribution in [2.75, 3.05) is 19.7 Å². The van der Waals surface area contributed by atoms with E-state index in [4.69, 9.17) is 4.74 Å². The van der Waals surface area contributed by atoms with Gasteiger partial charge in [0.05, 0.1) is 18.4 Å². The molecule has 0 radical (unpaired) electrons. The predicted octanol–water partition coefficient (Wildman–Crippen LogP) is 3.83. The highest BCUT2D eigenvalue weighted by Crippen LogP contribution is 2.42. The normalized spacial score (nSPS) is 23.2. The minimum Gasteiger partial charge on any atom is -0.377 e. The van der Waals surface area contributed by atoms with Gasteiger partial charge in [0.2, 0.25) is 0 Å². The van der Waals surface area contributed by atoms with E-state index in [0.717, 1.165) is 50.3 Å². The van der Waals surface area contributed by atoms with Crippen LogP contribution in [-0.2, 0) is 17.7 Å². The molecule has 3 heterocycles. The van der Waals surface area contributed by atoms with Crippen LogP contribution in [0.2, 0.25) is 0 Å². The van der Waals surface area contributed by atoms with Crippen LogP contribution in [0.25, 0.3) is 0 Å². The van der Waals surface area contributed by atoms with Gasteiger partial charge in [-0.3, -0.25) is 9.88 Å². The van der Waals surface area contributed by atoms with E-state index in [9.17, 15) is 4.39 Å². The third kappa shape index (κ3) is 4.07. The quantitative estimate of drug-likeness (QED) is 0.846. The van der Waals surface area contributed by atoms with Crippen LogP contribution in [0.4, 0.5) is 4.39 Å². The van der Waals surface area contributed by atoms with Gasteiger partial charge in [0.15, 0.2) is 0 Å². The fraction of sp³-hybridized carbons (Fsp3) is 0.476. The van der Waals surface area contributed by atoms with Gasteiger partial charge in [0, 0.05) is 12.7 Å². The van der Waals surface area contributed by atoms with E-state index in [1.807, 2.05) is 24.4 Å². The average Bonchev–Trinajstić information content (AvgIpc) is 3.03. The van der Waals surface area contributed by atoms with Crippen LogP contribution in [0.15, 0.2) is 48.7 Å². The van der Waals surface area contributed by atoms with Gasteiger partial charge in [0.1, 0.15) is 5.82 Å². The van der Waals surface area contributed by atoms with Crippen LogP contribution in [0.1, 0.15) is 30.5 Å². The number of hydrogen-bond donors (Lipinski definition) is 0. The van der Waals surface area contributed by atoms with Crippen molar-refractivity contribution in [3.05, 3.63) is 65.7 Å². The van der Waals surface area contributed by atoms with E-state index in [1.165, 1.54) is 25.0 Å². The molecule has 1 unspecified atom stereocenters. The predicted molar refractivity (Wildman–Crippen MR) is 95.6 cm³/mol. The van der Waals surface area contributed by atoms with Gasteiger partial charge in [-0.25, -0.2) is 4.39 Å². The zero-order chi connectivity index (χ0) is 17.1. The minimum absolute atomic E-state index is 0.173. The highest BCUT2D eigenvalue weighted by molar-refractivity contribution is 5.17. The first kappa shape index (κ1) is 16.7. The Kier molecular flexibility index (Phi) is 4.82. The molecule has 4 rings (SSSR count). The van der Waals surface area contributed by atoms with E-state index in [1.54, 1.807) is 0 Å². The number of pyridine rings is 1. The summed E-state index contributed by atoms with van der Waals surface area (Å²) < 4.78 is 19.1. The van der Waals surface area contributed by atoms with Crippen LogP contribution >= 0.6 is 0 Å². The maximum atomic E-state index is 13.0. The van der Waals surface area contributed by atoms with Crippen molar-refractivity contribution in [3.63, 3.8) is 0 Å². The molecule has 0 aliphatic carbocycles. The molecule has 1 aromatic carbocycles. The molecule has 2 saturated heterocycles. The van der Waals surface area contributed by atoms with Crippen molar-refractivity contribution in [2.24, 2.45) is 5.41 Å². The summed E-state index contributed by atoms with van der Waals surface area (Å²) in [6.45, 7) is 4.04. The number of halogens is 1. The minimum atomic E-state index is -0.173. The molecule has 2 aliphatic heterocycles. The molecule has 0 N–H and O–H groups in total. The number of aromatic nitrogens is 1. The number of nitrogens with zero attached hydrogens (tertiary/aromatic N) is 2. The Labute approximate surface area is 148 Å². The van der Waals surface area contributed by atoms with Crippen LogP contribution in [0.3, 0.4) is 0 Å². The second kappa shape index (κ2) is 7.22. The first-order valence-corrected chi connectivity index (χ1v) is 9.19. The number of benzene rings is 1. The van der Waals surface area contributed by atoms with Crippen molar-refractivity contribution in [1.29, 1.82) is 0 Å². The van der Waals surface area contributed by atoms with Crippen LogP contribution < -0.4 is 0 Å². The van der Waals surface area contributed by atoms with E-state index < -0.39 is 0 Å². The number of rotatable bonds is 4. The molecular weight excluding hydrogens is 315 g/mol. The molecular formula is C21H25FN2O. The van der Waals surface area contributed by atoms with Gasteiger partial charge in [-0.2, -0.15) is 0 Å². The molecule has 0 saturated carbocycles. The topological polar surface area (TPSA) is 25.4 Å². The van der Waals surface area contributed by atoms with Gasteiger partial charge in [-0.1, -0.05) is 18.2 Å². The van der Waals surface area contributed by atoms with Crippen molar-refractivity contribution >= 4 is 0 Å². The Morgan fingerprint density at radius 1 is 1.12 bits per heavy atom. The number of ether oxygens (including phenoxy) is 1. The Hall–Kier alpha value is -1.78. The van der Waals surface area contributed by atoms with Crippen LogP contribution in [0, 0.1) is 11.2 Å². The van der Waals surface area contributed by atoms with Gasteiger partial charge in [0.25, 0.3) is 0 Å². The Morgan fingerprint density at radius 2 is 1.92 bits per heavy atom. The summed E-state index contributed by atoms with van der Waals surface area (Å²) >= 11 is 0. The van der Waals surface area contributed by atoms with E-state index >= 15 is 0 Å². The number of piperidine rings is 1. The lowest BCUT2D eigenvalue weighted by Crippen LogP contribution is -2.40. The summed E-state index contributed by atoms with van der Waals surface area (Å²) in [6, 6.07) is 12.9. The van der Waals surface area contributed by atoms with Crippen molar-refractivity contribution < 1.29 is 9.13 Å². The lowest BCUT2D eigenvalue weighted by molar-refractivity contribution is 0.0628. The highest BCUT2D eigenvalue weighted by Gasteiger charge is 2.42. The van der Waals surface area contributed by atoms with Gasteiger partial charge in [-0.15, -0.1) is 0 Å². The molecule has 25 heavy (non-hydrogen) atoms. The highest BCUT2D eigenvalue weighted by atomic mass is 19.1. The zero-order valence-corrected chi connectivity index (χ0v) is 14.5. The first-order valence-electron chi connectivity index (χ1n) is 9.19. The molecule has 2 aromatic rings. The molecule has 3 nitrogen and oxygen atoms in total. The van der Waals surface area contributed by atoms with E-state index in [2.05, 4.69) is 22.0 Å². The third-order valence-corrected chi connectivity index (χ3v) is 5.69. The second-order valence-corrected chi connectivity index (χ2v) is 7.56. The van der Waals surface area contributed by atoms with Crippen LogP contribution in [-0.4, -0.2) is 35.7 Å². The Morgan fingerprint density at radius 3 is 2.64 bits per heavy atom. The molecule has 1 spiro atoms. The fourth-order valence-corrected chi connectivity index (χ4v) is 4.16. The molecule has 0 bridgehead atoms. The summed E-state index contributed by atoms with van der Waals surface area (Å²) in [5.74, 6) is -0.173. The molecule has 2 fully saturated rings. The van der Waals surface area contributed by atoms with Crippen LogP contribution in [0.5, 0.6) is 0 Å². The first-order chi connectivity index (χ1) is 12.2. The summed E-state index contributed by atoms with van der Waals surface area (Å²) in [7, 11) is 0. The monoisotopic (exact) mass is 340 g/mol. The Bertz CT molecular complexity index is 681. The summed E-state index contributed by atoms with van der Waals surface area (Å²) in [4.78, 5) is 6.93. The summed E-state index contributed by atoms with van der Waals surface area (Å²) in [6.07, 6.45) is 6.54. The Balaban J connectivity index is 1.29. The molecule has 0 amide bonds.